The largest absolute Gasteiger partial charge is 0.384 e. The number of hydrogen-bond acceptors (Lipinski definition) is 5. The van der Waals surface area contributed by atoms with Gasteiger partial charge in [-0.05, 0) is 30.2 Å². The van der Waals surface area contributed by atoms with Crippen molar-refractivity contribution in [2.75, 3.05) is 5.32 Å². The third-order valence-electron chi connectivity index (χ3n) is 3.69. The zero-order valence-corrected chi connectivity index (χ0v) is 16.5. The van der Waals surface area contributed by atoms with Crippen LogP contribution in [0.3, 0.4) is 0 Å². The molecule has 3 aromatic rings. The summed E-state index contributed by atoms with van der Waals surface area (Å²) >= 11 is 13.7. The summed E-state index contributed by atoms with van der Waals surface area (Å²) < 4.78 is 0. The predicted molar refractivity (Wildman–Crippen MR) is 110 cm³/mol. The van der Waals surface area contributed by atoms with Gasteiger partial charge in [-0.15, -0.1) is 11.3 Å². The second-order valence-corrected chi connectivity index (χ2v) is 7.80. The van der Waals surface area contributed by atoms with Gasteiger partial charge in [0.2, 0.25) is 0 Å². The topological polar surface area (TPSA) is 87.7 Å². The molecule has 0 fully saturated rings. The van der Waals surface area contributed by atoms with Gasteiger partial charge in [-0.2, -0.15) is 0 Å². The van der Waals surface area contributed by atoms with E-state index in [0.29, 0.717) is 26.6 Å². The smallest absolute Gasteiger partial charge is 0.189 e. The van der Waals surface area contributed by atoms with Crippen molar-refractivity contribution in [3.05, 3.63) is 57.0 Å². The minimum atomic E-state index is -0.0501. The summed E-state index contributed by atoms with van der Waals surface area (Å²) in [5.41, 5.74) is 7.92. The molecule has 0 saturated heterocycles. The van der Waals surface area contributed by atoms with E-state index in [1.165, 1.54) is 11.3 Å². The second-order valence-electron chi connectivity index (χ2n) is 5.95. The van der Waals surface area contributed by atoms with E-state index in [4.69, 9.17) is 39.3 Å². The molecule has 0 amide bonds. The highest BCUT2D eigenvalue weighted by molar-refractivity contribution is 7.16. The molecule has 26 heavy (non-hydrogen) atoms. The molecule has 2 aromatic heterocycles. The van der Waals surface area contributed by atoms with Crippen molar-refractivity contribution in [3.8, 4) is 11.3 Å². The lowest BCUT2D eigenvalue weighted by molar-refractivity contribution is 0.888. The molecule has 8 heteroatoms. The first-order valence-electron chi connectivity index (χ1n) is 7.89. The van der Waals surface area contributed by atoms with Crippen LogP contribution in [0.1, 0.15) is 30.2 Å². The minimum Gasteiger partial charge on any atom is -0.384 e. The highest BCUT2D eigenvalue weighted by Crippen LogP contribution is 2.39. The van der Waals surface area contributed by atoms with E-state index in [1.807, 2.05) is 12.1 Å². The van der Waals surface area contributed by atoms with Gasteiger partial charge in [0.15, 0.2) is 5.13 Å². The molecule has 3 rings (SSSR count). The van der Waals surface area contributed by atoms with Crippen LogP contribution in [0.15, 0.2) is 36.5 Å². The molecule has 0 spiro atoms. The fourth-order valence-electron chi connectivity index (χ4n) is 2.45. The van der Waals surface area contributed by atoms with Gasteiger partial charge >= 0.3 is 0 Å². The standard InChI is InChI=1S/C18H17Cl2N5S/c1-9(2)15-14(10-5-6-12(19)13(20)8-10)24-18(26-15)25-17-11(16(21)22)4-3-7-23-17/h3-9H,1-2H3,(H3,21,22)(H,23,24,25). The van der Waals surface area contributed by atoms with Crippen molar-refractivity contribution in [1.29, 1.82) is 5.41 Å². The Hall–Kier alpha value is -2.15. The van der Waals surface area contributed by atoms with Crippen LogP contribution in [0, 0.1) is 5.41 Å². The monoisotopic (exact) mass is 405 g/mol. The molecule has 0 unspecified atom stereocenters. The summed E-state index contributed by atoms with van der Waals surface area (Å²) in [6.07, 6.45) is 1.64. The van der Waals surface area contributed by atoms with E-state index in [-0.39, 0.29) is 11.8 Å². The van der Waals surface area contributed by atoms with Crippen molar-refractivity contribution >= 4 is 51.3 Å². The third kappa shape index (κ3) is 3.82. The first-order valence-corrected chi connectivity index (χ1v) is 9.46. The number of thiazole rings is 1. The Morgan fingerprint density at radius 1 is 1.23 bits per heavy atom. The van der Waals surface area contributed by atoms with Gasteiger partial charge in [-0.1, -0.05) is 43.1 Å². The molecule has 1 aromatic carbocycles. The van der Waals surface area contributed by atoms with E-state index >= 15 is 0 Å². The Balaban J connectivity index is 2.03. The zero-order chi connectivity index (χ0) is 18.8. The summed E-state index contributed by atoms with van der Waals surface area (Å²) in [6.45, 7) is 4.22. The van der Waals surface area contributed by atoms with Crippen molar-refractivity contribution in [1.82, 2.24) is 9.97 Å². The highest BCUT2D eigenvalue weighted by atomic mass is 35.5. The predicted octanol–water partition coefficient (Wildman–Crippen LogP) is 5.66. The zero-order valence-electron chi connectivity index (χ0n) is 14.2. The number of nitrogens with one attached hydrogen (secondary N) is 2. The summed E-state index contributed by atoms with van der Waals surface area (Å²) in [5, 5.41) is 12.5. The fraction of sp³-hybridized carbons (Fsp3) is 0.167. The first kappa shape index (κ1) is 18.6. The number of aromatic nitrogens is 2. The maximum Gasteiger partial charge on any atom is 0.189 e. The van der Waals surface area contributed by atoms with E-state index in [1.54, 1.807) is 24.4 Å². The number of nitrogens with zero attached hydrogens (tertiary/aromatic N) is 2. The van der Waals surface area contributed by atoms with Crippen LogP contribution in [-0.2, 0) is 0 Å². The Bertz CT molecular complexity index is 968. The van der Waals surface area contributed by atoms with Gasteiger partial charge in [-0.25, -0.2) is 9.97 Å². The van der Waals surface area contributed by atoms with Crippen molar-refractivity contribution in [3.63, 3.8) is 0 Å². The average molecular weight is 406 g/mol. The van der Waals surface area contributed by atoms with Crippen LogP contribution in [0.25, 0.3) is 11.3 Å². The van der Waals surface area contributed by atoms with Crippen LogP contribution >= 0.6 is 34.5 Å². The maximum absolute atomic E-state index is 7.69. The lowest BCUT2D eigenvalue weighted by Crippen LogP contribution is -2.14. The molecule has 0 aliphatic carbocycles. The summed E-state index contributed by atoms with van der Waals surface area (Å²) in [5.74, 6) is 0.735. The van der Waals surface area contributed by atoms with E-state index in [9.17, 15) is 0 Å². The van der Waals surface area contributed by atoms with Crippen LogP contribution in [0.4, 0.5) is 10.9 Å². The number of anilines is 2. The molecule has 0 saturated carbocycles. The summed E-state index contributed by atoms with van der Waals surface area (Å²) in [6, 6.07) is 8.97. The van der Waals surface area contributed by atoms with Gasteiger partial charge in [0.05, 0.1) is 21.3 Å². The Labute approximate surface area is 165 Å². The molecular formula is C18H17Cl2N5S. The lowest BCUT2D eigenvalue weighted by atomic mass is 10.1. The van der Waals surface area contributed by atoms with Crippen LogP contribution in [0.2, 0.25) is 10.0 Å². The van der Waals surface area contributed by atoms with Gasteiger partial charge in [0.1, 0.15) is 11.7 Å². The molecular weight excluding hydrogens is 389 g/mol. The molecule has 2 heterocycles. The van der Waals surface area contributed by atoms with E-state index < -0.39 is 0 Å². The fourth-order valence-corrected chi connectivity index (χ4v) is 3.74. The summed E-state index contributed by atoms with van der Waals surface area (Å²) in [4.78, 5) is 10.1. The van der Waals surface area contributed by atoms with Crippen LogP contribution in [-0.4, -0.2) is 15.8 Å². The summed E-state index contributed by atoms with van der Waals surface area (Å²) in [7, 11) is 0. The van der Waals surface area contributed by atoms with Gasteiger partial charge in [-0.3, -0.25) is 5.41 Å². The molecule has 4 N–H and O–H groups in total. The average Bonchev–Trinajstić information content (AvgIpc) is 3.02. The Morgan fingerprint density at radius 2 is 2.00 bits per heavy atom. The highest BCUT2D eigenvalue weighted by Gasteiger charge is 2.18. The second kappa shape index (κ2) is 7.61. The van der Waals surface area contributed by atoms with Crippen LogP contribution < -0.4 is 11.1 Å². The van der Waals surface area contributed by atoms with Crippen molar-refractivity contribution in [2.45, 2.75) is 19.8 Å². The van der Waals surface area contributed by atoms with Gasteiger partial charge in [0, 0.05) is 16.6 Å². The lowest BCUT2D eigenvalue weighted by Gasteiger charge is -2.06. The van der Waals surface area contributed by atoms with E-state index in [0.717, 1.165) is 16.1 Å². The number of halogens is 2. The number of nitrogens with two attached hydrogens (primary N) is 1. The molecule has 0 radical (unpaired) electrons. The normalized spacial score (nSPS) is 11.0. The number of amidine groups is 1. The van der Waals surface area contributed by atoms with E-state index in [2.05, 4.69) is 24.1 Å². The number of nitrogen functional groups attached to an aromatic ring is 1. The Kier molecular flexibility index (Phi) is 5.46. The van der Waals surface area contributed by atoms with Gasteiger partial charge in [0.25, 0.3) is 0 Å². The van der Waals surface area contributed by atoms with Crippen molar-refractivity contribution in [2.24, 2.45) is 5.73 Å². The number of benzene rings is 1. The maximum atomic E-state index is 7.69. The first-order chi connectivity index (χ1) is 12.4. The Morgan fingerprint density at radius 3 is 2.65 bits per heavy atom. The molecule has 5 nitrogen and oxygen atoms in total. The molecule has 0 aliphatic heterocycles. The number of hydrogen-bond donors (Lipinski definition) is 3. The molecule has 134 valence electrons. The third-order valence-corrected chi connectivity index (χ3v) is 5.70. The van der Waals surface area contributed by atoms with Crippen LogP contribution in [0.5, 0.6) is 0 Å². The van der Waals surface area contributed by atoms with Crippen molar-refractivity contribution < 1.29 is 0 Å². The number of pyridine rings is 1. The molecule has 0 aliphatic rings. The minimum absolute atomic E-state index is 0.0501. The van der Waals surface area contributed by atoms with Gasteiger partial charge < -0.3 is 11.1 Å². The SMILES string of the molecule is CC(C)c1sc(Nc2ncccc2C(=N)N)nc1-c1ccc(Cl)c(Cl)c1. The quantitative estimate of drug-likeness (QED) is 0.377. The molecule has 0 atom stereocenters. The molecule has 0 bridgehead atoms. The number of rotatable bonds is 5.